The first-order valence-corrected chi connectivity index (χ1v) is 2.55. The van der Waals surface area contributed by atoms with E-state index in [4.69, 9.17) is 15.2 Å². The number of hydrogen-bond acceptors (Lipinski definition) is 3. The molecule has 58 valence electrons. The number of aliphatic carboxylic acids is 1. The van der Waals surface area contributed by atoms with Crippen molar-refractivity contribution in [3.8, 4) is 0 Å². The summed E-state index contributed by atoms with van der Waals surface area (Å²) in [5.41, 5.74) is 0. The summed E-state index contributed by atoms with van der Waals surface area (Å²) in [5.74, 6) is -0.873. The topological polar surface area (TPSA) is 87.0 Å². The van der Waals surface area contributed by atoms with E-state index in [-0.39, 0.29) is 0 Å². The van der Waals surface area contributed by atoms with Crippen molar-refractivity contribution in [1.29, 1.82) is 0 Å². The third-order valence-corrected chi connectivity index (χ3v) is 0.496. The number of hydrogen-bond donors (Lipinski definition) is 2. The SMILES string of the molecule is CC/C=C\C(=O)O.O=NO. The van der Waals surface area contributed by atoms with Gasteiger partial charge in [-0.05, 0) is 6.42 Å². The summed E-state index contributed by atoms with van der Waals surface area (Å²) in [5, 5.41) is 15.8. The molecule has 0 aliphatic rings. The molecular weight excluding hydrogens is 138 g/mol. The molecule has 0 unspecified atom stereocenters. The van der Waals surface area contributed by atoms with E-state index in [0.29, 0.717) is 0 Å². The van der Waals surface area contributed by atoms with Crippen molar-refractivity contribution < 1.29 is 15.1 Å². The standard InChI is InChI=1S/C5H8O2.HNO2/c1-2-3-4-5(6)7;2-1-3/h3-4H,2H2,1H3,(H,6,7);(H,2,3)/b4-3-;. The van der Waals surface area contributed by atoms with Crippen molar-refractivity contribution in [2.24, 2.45) is 5.34 Å². The molecule has 0 aromatic carbocycles. The lowest BCUT2D eigenvalue weighted by molar-refractivity contribution is -0.131. The highest BCUT2D eigenvalue weighted by Gasteiger charge is 1.79. The van der Waals surface area contributed by atoms with Gasteiger partial charge in [0.2, 0.25) is 0 Å². The second-order valence-electron chi connectivity index (χ2n) is 1.23. The Kier molecular flexibility index (Phi) is 12.1. The molecule has 0 aliphatic heterocycles. The Morgan fingerprint density at radius 1 is 1.70 bits per heavy atom. The molecule has 0 radical (unpaired) electrons. The number of carboxylic acids is 1. The molecule has 0 spiro atoms. The Bertz CT molecular complexity index is 121. The van der Waals surface area contributed by atoms with Crippen molar-refractivity contribution in [2.75, 3.05) is 0 Å². The van der Waals surface area contributed by atoms with Crippen LogP contribution in [0.4, 0.5) is 0 Å². The highest BCUT2D eigenvalue weighted by Crippen LogP contribution is 1.76. The van der Waals surface area contributed by atoms with Gasteiger partial charge in [0.05, 0.1) is 0 Å². The van der Waals surface area contributed by atoms with Crippen LogP contribution in [0.5, 0.6) is 0 Å². The Hall–Kier alpha value is -1.39. The Morgan fingerprint density at radius 2 is 2.10 bits per heavy atom. The first kappa shape index (κ1) is 11.4. The van der Waals surface area contributed by atoms with Gasteiger partial charge < -0.3 is 10.3 Å². The van der Waals surface area contributed by atoms with Gasteiger partial charge in [-0.15, -0.1) is 4.91 Å². The minimum atomic E-state index is -0.873. The number of rotatable bonds is 2. The molecule has 0 heterocycles. The molecule has 10 heavy (non-hydrogen) atoms. The molecule has 0 saturated carbocycles. The molecule has 0 saturated heterocycles. The molecule has 0 bridgehead atoms. The van der Waals surface area contributed by atoms with Gasteiger partial charge in [0.25, 0.3) is 0 Å². The van der Waals surface area contributed by atoms with E-state index in [1.54, 1.807) is 6.08 Å². The predicted molar refractivity (Wildman–Crippen MR) is 34.6 cm³/mol. The number of allylic oxidation sites excluding steroid dienone is 1. The molecule has 0 aromatic rings. The fourth-order valence-corrected chi connectivity index (χ4v) is 0.219. The Labute approximate surface area is 57.9 Å². The van der Waals surface area contributed by atoms with E-state index < -0.39 is 5.97 Å². The summed E-state index contributed by atoms with van der Waals surface area (Å²) in [6.45, 7) is 1.89. The van der Waals surface area contributed by atoms with Crippen molar-refractivity contribution >= 4 is 5.97 Å². The van der Waals surface area contributed by atoms with Gasteiger partial charge in [-0.2, -0.15) is 0 Å². The summed E-state index contributed by atoms with van der Waals surface area (Å²) in [6.07, 6.45) is 3.52. The first-order valence-electron chi connectivity index (χ1n) is 2.55. The van der Waals surface area contributed by atoms with Gasteiger partial charge in [0.1, 0.15) is 0 Å². The molecule has 0 aliphatic carbocycles. The molecule has 2 N–H and O–H groups in total. The molecule has 5 heteroatoms. The highest BCUT2D eigenvalue weighted by molar-refractivity contribution is 5.79. The van der Waals surface area contributed by atoms with Crippen LogP contribution < -0.4 is 0 Å². The lowest BCUT2D eigenvalue weighted by Crippen LogP contribution is -1.84. The Balaban J connectivity index is 0. The van der Waals surface area contributed by atoms with E-state index in [0.717, 1.165) is 12.5 Å². The Morgan fingerprint density at radius 3 is 2.20 bits per heavy atom. The maximum absolute atomic E-state index is 9.67. The van der Waals surface area contributed by atoms with E-state index in [2.05, 4.69) is 0 Å². The number of carbonyl (C=O) groups is 1. The summed E-state index contributed by atoms with van der Waals surface area (Å²) in [4.78, 5) is 17.8. The monoisotopic (exact) mass is 147 g/mol. The van der Waals surface area contributed by atoms with Gasteiger partial charge in [-0.3, -0.25) is 0 Å². The second-order valence-corrected chi connectivity index (χ2v) is 1.23. The summed E-state index contributed by atoms with van der Waals surface area (Å²) in [7, 11) is 0. The summed E-state index contributed by atoms with van der Waals surface area (Å²) in [6, 6.07) is 0. The number of nitrogens with zero attached hydrogens (tertiary/aromatic N) is 1. The van der Waals surface area contributed by atoms with Crippen LogP contribution in [0.1, 0.15) is 13.3 Å². The van der Waals surface area contributed by atoms with Crippen molar-refractivity contribution in [1.82, 2.24) is 0 Å². The van der Waals surface area contributed by atoms with Gasteiger partial charge in [0.15, 0.2) is 5.34 Å². The summed E-state index contributed by atoms with van der Waals surface area (Å²) >= 11 is 0. The molecule has 0 rings (SSSR count). The minimum absolute atomic E-state index is 0.784. The van der Waals surface area contributed by atoms with E-state index >= 15 is 0 Å². The van der Waals surface area contributed by atoms with Crippen LogP contribution in [0.15, 0.2) is 17.5 Å². The lowest BCUT2D eigenvalue weighted by Gasteiger charge is -1.73. The quantitative estimate of drug-likeness (QED) is 0.348. The average Bonchev–Trinajstić information content (AvgIpc) is 1.85. The summed E-state index contributed by atoms with van der Waals surface area (Å²) < 4.78 is 0. The highest BCUT2D eigenvalue weighted by atomic mass is 16.6. The van der Waals surface area contributed by atoms with Crippen molar-refractivity contribution in [2.45, 2.75) is 13.3 Å². The van der Waals surface area contributed by atoms with Crippen LogP contribution in [0, 0.1) is 4.91 Å². The molecule has 0 fully saturated rings. The maximum Gasteiger partial charge on any atom is 0.327 e. The maximum atomic E-state index is 9.67. The van der Waals surface area contributed by atoms with Gasteiger partial charge >= 0.3 is 5.97 Å². The van der Waals surface area contributed by atoms with E-state index in [9.17, 15) is 4.79 Å². The zero-order valence-electron chi connectivity index (χ0n) is 5.52. The predicted octanol–water partition coefficient (Wildman–Crippen LogP) is 1.18. The van der Waals surface area contributed by atoms with E-state index in [1.165, 1.54) is 5.34 Å². The normalized spacial score (nSPS) is 8.10. The van der Waals surface area contributed by atoms with Crippen LogP contribution in [0.3, 0.4) is 0 Å². The number of carboxylic acid groups (broad SMARTS) is 1. The fourth-order valence-electron chi connectivity index (χ4n) is 0.219. The van der Waals surface area contributed by atoms with Crippen LogP contribution in [0.25, 0.3) is 0 Å². The molecule has 5 nitrogen and oxygen atoms in total. The van der Waals surface area contributed by atoms with Gasteiger partial charge in [-0.1, -0.05) is 13.0 Å². The zero-order chi connectivity index (χ0) is 8.41. The van der Waals surface area contributed by atoms with Gasteiger partial charge in [0, 0.05) is 6.08 Å². The molecule has 0 atom stereocenters. The molecular formula is C5H9NO4. The third-order valence-electron chi connectivity index (χ3n) is 0.496. The fraction of sp³-hybridized carbons (Fsp3) is 0.400. The first-order chi connectivity index (χ1) is 4.68. The smallest absolute Gasteiger partial charge is 0.327 e. The van der Waals surface area contributed by atoms with Crippen LogP contribution in [-0.2, 0) is 4.79 Å². The minimum Gasteiger partial charge on any atom is -0.478 e. The van der Waals surface area contributed by atoms with Crippen LogP contribution in [-0.4, -0.2) is 16.3 Å². The molecule has 0 amide bonds. The average molecular weight is 147 g/mol. The van der Waals surface area contributed by atoms with Crippen molar-refractivity contribution in [3.05, 3.63) is 17.1 Å². The third kappa shape index (κ3) is 30.5. The van der Waals surface area contributed by atoms with Gasteiger partial charge in [-0.25, -0.2) is 4.79 Å². The van der Waals surface area contributed by atoms with Crippen LogP contribution >= 0.6 is 0 Å². The lowest BCUT2D eigenvalue weighted by atomic mass is 10.4. The van der Waals surface area contributed by atoms with Crippen LogP contribution in [0.2, 0.25) is 0 Å². The second kappa shape index (κ2) is 10.6. The molecule has 0 aromatic heterocycles. The van der Waals surface area contributed by atoms with Crippen molar-refractivity contribution in [3.63, 3.8) is 0 Å². The zero-order valence-corrected chi connectivity index (χ0v) is 5.52. The largest absolute Gasteiger partial charge is 0.478 e. The van der Waals surface area contributed by atoms with E-state index in [1.807, 2.05) is 6.92 Å².